The van der Waals surface area contributed by atoms with Crippen LogP contribution < -0.4 is 18.9 Å². The van der Waals surface area contributed by atoms with E-state index in [2.05, 4.69) is 34.2 Å². The molecule has 8 bridgehead atoms. The predicted octanol–water partition coefficient (Wildman–Crippen LogP) is 0.575. The average molecular weight is 1690 g/mol. The van der Waals surface area contributed by atoms with Crippen molar-refractivity contribution in [3.05, 3.63) is 190 Å². The maximum atomic E-state index is 7.09. The van der Waals surface area contributed by atoms with Crippen LogP contribution in [0.5, 0.6) is 46.0 Å². The highest BCUT2D eigenvalue weighted by atomic mass is 16.5. The first kappa shape index (κ1) is 99.4. The molecule has 8 aromatic carbocycles. The zero-order valence-electron chi connectivity index (χ0n) is 77.2. The highest BCUT2D eigenvalue weighted by molar-refractivity contribution is 7.34. The Labute approximate surface area is 869 Å². The van der Waals surface area contributed by atoms with Gasteiger partial charge in [0.15, 0.2) is 23.3 Å². The molecule has 2 N–H and O–H groups in total. The number of aromatic amines is 2. The third kappa shape index (κ3) is 16.7. The topological polar surface area (TPSA) is 146 Å². The number of nitrogens with one attached hydrogen (secondary N) is 2. The van der Waals surface area contributed by atoms with Crippen LogP contribution in [0.3, 0.4) is 0 Å². The van der Waals surface area contributed by atoms with Crippen LogP contribution in [0.4, 0.5) is 0 Å². The molecule has 16 atom stereocenters. The van der Waals surface area contributed by atoms with E-state index < -0.39 is 41.7 Å². The summed E-state index contributed by atoms with van der Waals surface area (Å²) < 4.78 is 28.4. The number of ether oxygens (including phenoxy) is 4. The van der Waals surface area contributed by atoms with Gasteiger partial charge < -0.3 is 28.9 Å². The molecule has 0 spiro atoms. The molecule has 11 aromatic rings. The van der Waals surface area contributed by atoms with Gasteiger partial charge in [-0.3, -0.25) is 0 Å². The Morgan fingerprint density at radius 1 is 0.214 bits per heavy atom. The molecule has 60 heteroatoms. The predicted molar refractivity (Wildman–Crippen MR) is 619 cm³/mol. The van der Waals surface area contributed by atoms with Crippen molar-refractivity contribution in [2.45, 2.75) is 139 Å². The highest BCUT2D eigenvalue weighted by Crippen LogP contribution is 2.69. The first-order valence-electron chi connectivity index (χ1n) is 47.1. The van der Waals surface area contributed by atoms with Gasteiger partial charge in [0.2, 0.25) is 0 Å². The minimum Gasteiger partial charge on any atom is -0.457 e. The van der Waals surface area contributed by atoms with Gasteiger partial charge in [0.1, 0.15) is 68.6 Å². The van der Waals surface area contributed by atoms with Crippen molar-refractivity contribution in [1.29, 1.82) is 0 Å². The molecular weight excluding hydrogens is 1640 g/mol. The monoisotopic (exact) mass is 1690 g/mol. The SMILES string of the molecule is [B][10B]C1[10B]([B])C1([10B][B])Cc1cc(CC2([10B][B])[10B]([B])C2[10B][B])cc(Oc2ccc3c(c2)-c2nc-3nc3[nH]c(nc4nc(nc5[nH]c(n2)c2cc(Oc6cc(CC7([10B][B])[10B]([B])C7[10B][B])cc(CC7([10B][B])[10B]([B])C7[10B][B])c6)ccc52)-c2ccc(Oc5cc(CC6([10B][B])[10B]([B])C6[10B][B])cc(CC6([10B][B])[10B]([B])C6[10B][B])c5)cc2-4)c2cc(Oc4cc(CC5([10B][B])[10B]([B])C5[10B][B])cc(CC5([10B][B])[10B]([B])C5[10B][B])c4)ccc32)c1. The van der Waals surface area contributed by atoms with Gasteiger partial charge in [-0.1, -0.05) is 24.3 Å². The Hall–Kier alpha value is -6.56. The summed E-state index contributed by atoms with van der Waals surface area (Å²) in [6.07, 6.45) is 3.59. The van der Waals surface area contributed by atoms with E-state index >= 15 is 0 Å². The van der Waals surface area contributed by atoms with E-state index in [-0.39, 0.29) is 122 Å². The van der Waals surface area contributed by atoms with Crippen molar-refractivity contribution in [2.75, 3.05) is 0 Å². The van der Waals surface area contributed by atoms with Crippen molar-refractivity contribution >= 4 is 397 Å². The van der Waals surface area contributed by atoms with E-state index in [1.54, 1.807) is 115 Å². The van der Waals surface area contributed by atoms with Gasteiger partial charge in [-0.2, -0.15) is 0 Å². The average Bonchev–Trinajstić information content (AvgIpc) is 1.57. The summed E-state index contributed by atoms with van der Waals surface area (Å²) in [7, 11) is 181. The molecule has 21 rings (SSSR count). The van der Waals surface area contributed by atoms with Crippen LogP contribution in [-0.2, 0) is 51.4 Å². The van der Waals surface area contributed by atoms with Gasteiger partial charge in [0, 0.05) is 287 Å². The molecule has 10 aliphatic heterocycles. The van der Waals surface area contributed by atoms with Crippen LogP contribution in [0.1, 0.15) is 44.5 Å². The number of fused-ring (bicyclic) bond motifs is 20. The van der Waals surface area contributed by atoms with Gasteiger partial charge in [0.05, 0.1) is 110 Å². The van der Waals surface area contributed by atoms with E-state index in [1.807, 2.05) is 121 Å². The second-order valence-corrected chi connectivity index (χ2v) is 40.4. The maximum absolute atomic E-state index is 7.09. The number of hydrogen-bond acceptors (Lipinski definition) is 10. The molecule has 8 fully saturated rings. The first-order chi connectivity index (χ1) is 67.5. The first-order valence-corrected chi connectivity index (χ1v) is 47.1. The fourth-order valence-electron chi connectivity index (χ4n) is 24.0. The van der Waals surface area contributed by atoms with Crippen LogP contribution in [0.25, 0.3) is 89.7 Å². The number of benzene rings is 8. The summed E-state index contributed by atoms with van der Waals surface area (Å²) in [6.45, 7) is -2.52. The van der Waals surface area contributed by atoms with Crippen molar-refractivity contribution < 1.29 is 18.9 Å². The third-order valence-electron chi connectivity index (χ3n) is 33.1. The smallest absolute Gasteiger partial charge is 0.164 e. The molecule has 3 aromatic heterocycles. The number of aromatic nitrogens is 8. The van der Waals surface area contributed by atoms with Crippen LogP contribution in [-0.4, -0.2) is 393 Å². The molecule has 140 heavy (non-hydrogen) atoms. The molecule has 8 saturated heterocycles. The number of rotatable bonds is 40. The van der Waals surface area contributed by atoms with Crippen molar-refractivity contribution in [1.82, 2.24) is 39.9 Å². The maximum Gasteiger partial charge on any atom is 0.164 e. The van der Waals surface area contributed by atoms with E-state index in [1.165, 1.54) is 0 Å². The largest absolute Gasteiger partial charge is 0.457 e. The molecule has 0 saturated carbocycles. The summed E-state index contributed by atoms with van der Waals surface area (Å²) in [5, 5.41) is -2.58. The lowest BCUT2D eigenvalue weighted by Crippen LogP contribution is -2.17. The van der Waals surface area contributed by atoms with Gasteiger partial charge in [0.25, 0.3) is 0 Å². The molecule has 578 valence electrons. The van der Waals surface area contributed by atoms with Crippen LogP contribution in [0.15, 0.2) is 146 Å². The normalized spacial score (nSPS) is 27.3. The van der Waals surface area contributed by atoms with E-state index in [4.69, 9.17) is 235 Å². The fraction of sp³-hybridized carbons (Fsp3) is 0.300. The second kappa shape index (κ2) is 38.0. The van der Waals surface area contributed by atoms with Crippen LogP contribution >= 0.6 is 0 Å². The van der Waals surface area contributed by atoms with E-state index in [0.29, 0.717) is 164 Å². The minimum absolute atomic E-state index is 0.167. The quantitative estimate of drug-likeness (QED) is 0.0524. The second-order valence-electron chi connectivity index (χ2n) is 40.4. The molecule has 10 aliphatic rings. The Kier molecular flexibility index (Phi) is 27.0. The zero-order chi connectivity index (χ0) is 98.1. The lowest BCUT2D eigenvalue weighted by molar-refractivity contribution is 0.481. The van der Waals surface area contributed by atoms with E-state index in [9.17, 15) is 0 Å². The fourth-order valence-corrected chi connectivity index (χ4v) is 24.0. The van der Waals surface area contributed by atoms with Crippen LogP contribution in [0.2, 0.25) is 87.4 Å². The lowest BCUT2D eigenvalue weighted by Gasteiger charge is -2.22. The Bertz CT molecular complexity index is 6320. The van der Waals surface area contributed by atoms with Gasteiger partial charge in [-0.25, -0.2) is 29.9 Å². The molecule has 0 amide bonds. The number of nitrogens with zero attached hydrogens (tertiary/aromatic N) is 6. The van der Waals surface area contributed by atoms with Crippen molar-refractivity contribution in [2.24, 2.45) is 0 Å². The lowest BCUT2D eigenvalue weighted by atomic mass is 8.78. The molecular formula is C80H50B48N8O4. The molecule has 13 heterocycles. The standard InChI is InChI=1S/C80H50B48N8O4/c81-105-65-73(113-89,121(65)97)25-33-9-34(26-74(114-90)66(106-82)122(74)98)14-45(13-33)137-41-1-5-49-53(21-41)61-131-57(49)129-58-50-6-2-42(138-46-15-35(27-75(115-91)67(107-83)123(75)99)10-36(16-46)28-76(116-92)68(108-84)124(76)100)22-54(50)63(132-58)136-64-56-24-44(140-48-19-39(31-79(119-95)71(111-87)127(79)103)12-40(20-48)32-80(120-96)72(112-88)128(80)104)4-8-52(56)60(134-64)130-59-51-7-3-43(23-55(51)62(133-59)135-61)139-47-17-37(29-77(117-93)69(109-85)125(77)101)11-38(18-47)30-78(118-94)70(110-86)126(78)102/h1-24,65-72H,25-32H2,(H2,129,130,131,132,133,134,135,136)/i105-1,106-1,107-1,108-1,109-1,110-1,111-1,112-1,113-1,114-1,115-1,116-1,117-1,118-1,119-1,120-1,121-1,122-1,123-1,124-1,125-1,126-1,127-1,128-1. The Morgan fingerprint density at radius 3 is 0.593 bits per heavy atom. The number of hydrogen-bond donors (Lipinski definition) is 2. The van der Waals surface area contributed by atoms with Gasteiger partial charge in [-0.05, 0) is 217 Å². The van der Waals surface area contributed by atoms with Crippen LogP contribution in [0, 0.1) is 0 Å². The molecule has 12 nitrogen and oxygen atoms in total. The molecule has 64 radical (unpaired) electrons. The summed E-state index contributed by atoms with van der Waals surface area (Å²) in [4.78, 5) is 40.4. The number of H-pyrrole nitrogens is 2. The minimum atomic E-state index is -0.620. The molecule has 0 aliphatic carbocycles. The summed E-state index contributed by atoms with van der Waals surface area (Å²) >= 11 is 0. The van der Waals surface area contributed by atoms with E-state index in [0.717, 1.165) is 44.5 Å². The Morgan fingerprint density at radius 2 is 0.400 bits per heavy atom. The van der Waals surface area contributed by atoms with Crippen molar-refractivity contribution in [3.63, 3.8) is 0 Å². The molecule has 16 unspecified atom stereocenters. The van der Waals surface area contributed by atoms with Gasteiger partial charge in [-0.15, -0.1) is 87.4 Å². The van der Waals surface area contributed by atoms with Crippen molar-refractivity contribution in [3.8, 4) is 91.5 Å². The summed E-state index contributed by atoms with van der Waals surface area (Å²) in [5.74, 6) is 4.72. The summed E-state index contributed by atoms with van der Waals surface area (Å²) in [5.41, 5.74) is 9.41. The summed E-state index contributed by atoms with van der Waals surface area (Å²) in [6, 6.07) is 46.9. The zero-order valence-corrected chi connectivity index (χ0v) is 77.2. The van der Waals surface area contributed by atoms with Gasteiger partial charge >= 0.3 is 0 Å². The highest BCUT2D eigenvalue weighted by Gasteiger charge is 2.65. The Balaban J connectivity index is 0.747. The third-order valence-corrected chi connectivity index (χ3v) is 33.1.